The molecule has 1 aromatic carbocycles. The molecule has 0 bridgehead atoms. The topological polar surface area (TPSA) is 109 Å². The summed E-state index contributed by atoms with van der Waals surface area (Å²) in [6.07, 6.45) is 1.64. The van der Waals surface area contributed by atoms with Gasteiger partial charge in [-0.25, -0.2) is 0 Å². The first-order valence-electron chi connectivity index (χ1n) is 6.83. The van der Waals surface area contributed by atoms with Gasteiger partial charge in [0.25, 0.3) is 0 Å². The lowest BCUT2D eigenvalue weighted by Gasteiger charge is -2.25. The summed E-state index contributed by atoms with van der Waals surface area (Å²) in [6, 6.07) is 7.40. The minimum atomic E-state index is 0.00323. The van der Waals surface area contributed by atoms with Gasteiger partial charge in [0, 0.05) is 35.6 Å². The first-order chi connectivity index (χ1) is 10.2. The molecular weight excluding hydrogens is 270 g/mol. The predicted octanol–water partition coefficient (Wildman–Crippen LogP) is 0.778. The van der Waals surface area contributed by atoms with Gasteiger partial charge in [0.05, 0.1) is 26.0 Å². The number of aliphatic hydroxyl groups is 2. The Hall–Kier alpha value is -2.02. The number of benzene rings is 1. The first-order valence-corrected chi connectivity index (χ1v) is 6.83. The molecule has 6 N–H and O–H groups in total. The minimum absolute atomic E-state index is 0.00323. The summed E-state index contributed by atoms with van der Waals surface area (Å²) >= 11 is 0. The Kier molecular flexibility index (Phi) is 5.21. The Labute approximate surface area is 123 Å². The largest absolute Gasteiger partial charge is 0.467 e. The summed E-state index contributed by atoms with van der Waals surface area (Å²) in [7, 11) is 0. The molecule has 0 aliphatic heterocycles. The maximum Gasteiger partial charge on any atom is 0.117 e. The van der Waals surface area contributed by atoms with Crippen LogP contribution in [0.15, 0.2) is 34.9 Å². The van der Waals surface area contributed by atoms with Crippen LogP contribution in [0.25, 0.3) is 11.1 Å². The molecule has 0 aliphatic carbocycles. The second kappa shape index (κ2) is 7.12. The van der Waals surface area contributed by atoms with Gasteiger partial charge in [-0.05, 0) is 24.3 Å². The Morgan fingerprint density at radius 3 is 2.38 bits per heavy atom. The van der Waals surface area contributed by atoms with Gasteiger partial charge in [0.15, 0.2) is 0 Å². The van der Waals surface area contributed by atoms with Crippen molar-refractivity contribution >= 4 is 11.4 Å². The van der Waals surface area contributed by atoms with Crippen LogP contribution in [0.4, 0.5) is 11.4 Å². The number of nitrogens with zero attached hydrogens (tertiary/aromatic N) is 1. The third kappa shape index (κ3) is 3.55. The van der Waals surface area contributed by atoms with E-state index in [0.29, 0.717) is 31.1 Å². The normalized spacial score (nSPS) is 10.8. The van der Waals surface area contributed by atoms with Crippen LogP contribution < -0.4 is 16.4 Å². The van der Waals surface area contributed by atoms with Crippen LogP contribution >= 0.6 is 0 Å². The number of anilines is 2. The Morgan fingerprint density at radius 2 is 1.81 bits per heavy atom. The average Bonchev–Trinajstić information content (AvgIpc) is 2.96. The number of nitrogen functional groups attached to an aromatic ring is 1. The third-order valence-corrected chi connectivity index (χ3v) is 3.27. The van der Waals surface area contributed by atoms with Crippen LogP contribution in [0.3, 0.4) is 0 Å². The molecule has 6 heteroatoms. The molecule has 0 aliphatic rings. The number of nitrogens with two attached hydrogens (primary N) is 2. The highest BCUT2D eigenvalue weighted by Gasteiger charge is 2.14. The molecule has 0 radical (unpaired) electrons. The smallest absolute Gasteiger partial charge is 0.117 e. The first kappa shape index (κ1) is 15.4. The van der Waals surface area contributed by atoms with Gasteiger partial charge in [0.1, 0.15) is 5.76 Å². The van der Waals surface area contributed by atoms with Gasteiger partial charge in [0.2, 0.25) is 0 Å². The maximum absolute atomic E-state index is 9.20. The van der Waals surface area contributed by atoms with E-state index in [2.05, 4.69) is 0 Å². The van der Waals surface area contributed by atoms with E-state index in [1.54, 1.807) is 12.3 Å². The van der Waals surface area contributed by atoms with E-state index < -0.39 is 0 Å². The van der Waals surface area contributed by atoms with Crippen LogP contribution in [-0.4, -0.2) is 36.5 Å². The van der Waals surface area contributed by atoms with E-state index in [9.17, 15) is 10.2 Å². The summed E-state index contributed by atoms with van der Waals surface area (Å²) < 4.78 is 5.38. The molecule has 0 atom stereocenters. The van der Waals surface area contributed by atoms with Crippen molar-refractivity contribution in [1.29, 1.82) is 0 Å². The summed E-state index contributed by atoms with van der Waals surface area (Å²) in [6.45, 7) is 1.19. The van der Waals surface area contributed by atoms with Crippen molar-refractivity contribution < 1.29 is 14.6 Å². The lowest BCUT2D eigenvalue weighted by Crippen LogP contribution is -2.30. The van der Waals surface area contributed by atoms with Crippen molar-refractivity contribution in [3.63, 3.8) is 0 Å². The van der Waals surface area contributed by atoms with Gasteiger partial charge < -0.3 is 31.0 Å². The summed E-state index contributed by atoms with van der Waals surface area (Å²) in [4.78, 5) is 1.91. The standard InChI is InChI=1S/C15H21N3O3/c16-9-13-7-11(10-21-13)14-8-12(17)1-2-15(14)18(3-5-19)4-6-20/h1-2,7-8,10,19-20H,3-6,9,16-17H2. The predicted molar refractivity (Wildman–Crippen MR) is 82.8 cm³/mol. The summed E-state index contributed by atoms with van der Waals surface area (Å²) in [5.41, 5.74) is 14.7. The number of hydrogen-bond acceptors (Lipinski definition) is 6. The molecule has 1 heterocycles. The zero-order chi connectivity index (χ0) is 15.2. The maximum atomic E-state index is 9.20. The van der Waals surface area contributed by atoms with E-state index >= 15 is 0 Å². The molecule has 1 aromatic heterocycles. The molecule has 0 spiro atoms. The van der Waals surface area contributed by atoms with Crippen molar-refractivity contribution in [3.8, 4) is 11.1 Å². The molecular formula is C15H21N3O3. The average molecular weight is 291 g/mol. The fourth-order valence-electron chi connectivity index (χ4n) is 2.28. The Morgan fingerprint density at radius 1 is 1.10 bits per heavy atom. The highest BCUT2D eigenvalue weighted by atomic mass is 16.3. The van der Waals surface area contributed by atoms with Crippen LogP contribution in [0, 0.1) is 0 Å². The van der Waals surface area contributed by atoms with Gasteiger partial charge in [-0.15, -0.1) is 0 Å². The zero-order valence-electron chi connectivity index (χ0n) is 11.8. The van der Waals surface area contributed by atoms with Gasteiger partial charge in [-0.2, -0.15) is 0 Å². The second-order valence-electron chi connectivity index (χ2n) is 4.72. The SMILES string of the molecule is NCc1cc(-c2cc(N)ccc2N(CCO)CCO)co1. The fraction of sp³-hybridized carbons (Fsp3) is 0.333. The molecule has 2 aromatic rings. The van der Waals surface area contributed by atoms with Crippen molar-refractivity contribution in [1.82, 2.24) is 0 Å². The number of hydrogen-bond donors (Lipinski definition) is 4. The van der Waals surface area contributed by atoms with E-state index in [-0.39, 0.29) is 13.2 Å². The summed E-state index contributed by atoms with van der Waals surface area (Å²) in [5.74, 6) is 0.689. The molecule has 0 amide bonds. The summed E-state index contributed by atoms with van der Waals surface area (Å²) in [5, 5.41) is 18.4. The highest BCUT2D eigenvalue weighted by Crippen LogP contribution is 2.33. The zero-order valence-corrected chi connectivity index (χ0v) is 11.8. The van der Waals surface area contributed by atoms with Crippen molar-refractivity contribution in [2.75, 3.05) is 36.9 Å². The molecule has 0 fully saturated rings. The molecule has 2 rings (SSSR count). The molecule has 6 nitrogen and oxygen atoms in total. The van der Waals surface area contributed by atoms with Gasteiger partial charge >= 0.3 is 0 Å². The number of rotatable bonds is 7. The minimum Gasteiger partial charge on any atom is -0.467 e. The van der Waals surface area contributed by atoms with Crippen molar-refractivity contribution in [2.45, 2.75) is 6.54 Å². The number of aliphatic hydroxyl groups excluding tert-OH is 2. The van der Waals surface area contributed by atoms with Crippen molar-refractivity contribution in [3.05, 3.63) is 36.3 Å². The highest BCUT2D eigenvalue weighted by molar-refractivity contribution is 5.81. The van der Waals surface area contributed by atoms with E-state index in [1.807, 2.05) is 23.1 Å². The van der Waals surface area contributed by atoms with E-state index in [4.69, 9.17) is 15.9 Å². The van der Waals surface area contributed by atoms with Crippen LogP contribution in [0.1, 0.15) is 5.76 Å². The molecule has 0 saturated heterocycles. The van der Waals surface area contributed by atoms with Gasteiger partial charge in [-0.1, -0.05) is 0 Å². The molecule has 0 unspecified atom stereocenters. The van der Waals surface area contributed by atoms with Crippen molar-refractivity contribution in [2.24, 2.45) is 5.73 Å². The lowest BCUT2D eigenvalue weighted by molar-refractivity contribution is 0.281. The molecule has 0 saturated carbocycles. The Balaban J connectivity index is 2.45. The number of furan rings is 1. The van der Waals surface area contributed by atoms with Crippen LogP contribution in [-0.2, 0) is 6.54 Å². The van der Waals surface area contributed by atoms with E-state index in [1.165, 1.54) is 0 Å². The second-order valence-corrected chi connectivity index (χ2v) is 4.72. The van der Waals surface area contributed by atoms with Crippen LogP contribution in [0.5, 0.6) is 0 Å². The lowest BCUT2D eigenvalue weighted by atomic mass is 10.0. The Bertz CT molecular complexity index is 577. The third-order valence-electron chi connectivity index (χ3n) is 3.27. The monoisotopic (exact) mass is 291 g/mol. The fourth-order valence-corrected chi connectivity index (χ4v) is 2.28. The quantitative estimate of drug-likeness (QED) is 0.561. The molecule has 114 valence electrons. The van der Waals surface area contributed by atoms with Crippen LogP contribution in [0.2, 0.25) is 0 Å². The van der Waals surface area contributed by atoms with E-state index in [0.717, 1.165) is 16.8 Å². The van der Waals surface area contributed by atoms with Gasteiger partial charge in [-0.3, -0.25) is 0 Å². The molecule has 21 heavy (non-hydrogen) atoms.